The maximum absolute atomic E-state index is 12.8. The molecule has 8 nitrogen and oxygen atoms in total. The van der Waals surface area contributed by atoms with Crippen LogP contribution in [0.4, 0.5) is 11.4 Å². The van der Waals surface area contributed by atoms with Gasteiger partial charge in [0.15, 0.2) is 0 Å². The molecule has 25 heavy (non-hydrogen) atoms. The van der Waals surface area contributed by atoms with Crippen LogP contribution in [0.15, 0.2) is 24.3 Å². The summed E-state index contributed by atoms with van der Waals surface area (Å²) in [6.45, 7) is 7.39. The van der Waals surface area contributed by atoms with Crippen molar-refractivity contribution in [1.29, 1.82) is 0 Å². The minimum absolute atomic E-state index is 0.136. The van der Waals surface area contributed by atoms with Crippen LogP contribution >= 0.6 is 0 Å². The molecule has 8 heteroatoms. The van der Waals surface area contributed by atoms with Gasteiger partial charge in [0, 0.05) is 12.1 Å². The number of amides is 2. The third-order valence-corrected chi connectivity index (χ3v) is 3.81. The fourth-order valence-electron chi connectivity index (χ4n) is 2.30. The summed E-state index contributed by atoms with van der Waals surface area (Å²) in [6, 6.07) is 3.42. The topological polar surface area (TPSA) is 133 Å². The monoisotopic (exact) mass is 350 g/mol. The molecule has 0 heterocycles. The van der Waals surface area contributed by atoms with E-state index in [0.29, 0.717) is 6.42 Å². The Labute approximate surface area is 147 Å². The number of nitro benzene ring substituents is 1. The summed E-state index contributed by atoms with van der Waals surface area (Å²) in [4.78, 5) is 36.7. The standard InChI is InChI=1S/C17H26N4O4/c1-10(2)9-14(18)16(22)20(17(23)15(19)11(3)4)12-5-7-13(8-6-12)21(24)25/h5-8,10-11,14-15H,9,18-19H2,1-4H3. The lowest BCUT2D eigenvalue weighted by molar-refractivity contribution is -0.384. The summed E-state index contributed by atoms with van der Waals surface area (Å²) in [5.74, 6) is -1.15. The lowest BCUT2D eigenvalue weighted by atomic mass is 10.0. The number of imide groups is 1. The summed E-state index contributed by atoms with van der Waals surface area (Å²) in [6.07, 6.45) is 0.409. The van der Waals surface area contributed by atoms with Crippen molar-refractivity contribution in [3.05, 3.63) is 34.4 Å². The zero-order chi connectivity index (χ0) is 19.3. The van der Waals surface area contributed by atoms with Gasteiger partial charge in [-0.1, -0.05) is 27.7 Å². The highest BCUT2D eigenvalue weighted by molar-refractivity contribution is 6.18. The Hall–Kier alpha value is -2.32. The number of hydrogen-bond acceptors (Lipinski definition) is 6. The molecule has 0 saturated carbocycles. The molecule has 0 saturated heterocycles. The van der Waals surface area contributed by atoms with Crippen LogP contribution in [0.5, 0.6) is 0 Å². The third-order valence-electron chi connectivity index (χ3n) is 3.81. The largest absolute Gasteiger partial charge is 0.320 e. The van der Waals surface area contributed by atoms with Gasteiger partial charge in [-0.25, -0.2) is 4.90 Å². The van der Waals surface area contributed by atoms with Gasteiger partial charge in [0.1, 0.15) is 0 Å². The van der Waals surface area contributed by atoms with Crippen LogP contribution in [0.2, 0.25) is 0 Å². The molecule has 2 amide bonds. The van der Waals surface area contributed by atoms with E-state index in [9.17, 15) is 19.7 Å². The molecule has 0 bridgehead atoms. The summed E-state index contributed by atoms with van der Waals surface area (Å²) >= 11 is 0. The first-order chi connectivity index (χ1) is 11.6. The normalized spacial score (nSPS) is 13.6. The third kappa shape index (κ3) is 5.33. The number of non-ortho nitro benzene ring substituents is 1. The Bertz CT molecular complexity index is 628. The molecule has 4 N–H and O–H groups in total. The Morgan fingerprint density at radius 1 is 1.08 bits per heavy atom. The van der Waals surface area contributed by atoms with Gasteiger partial charge in [0.05, 0.1) is 22.7 Å². The molecule has 2 atom stereocenters. The highest BCUT2D eigenvalue weighted by atomic mass is 16.6. The molecule has 2 unspecified atom stereocenters. The van der Waals surface area contributed by atoms with Crippen molar-refractivity contribution in [2.75, 3.05) is 4.90 Å². The van der Waals surface area contributed by atoms with Crippen LogP contribution in [-0.2, 0) is 9.59 Å². The molecule has 0 aliphatic carbocycles. The van der Waals surface area contributed by atoms with E-state index < -0.39 is 28.8 Å². The molecule has 0 aromatic heterocycles. The number of anilines is 1. The average Bonchev–Trinajstić information content (AvgIpc) is 2.53. The molecule has 0 radical (unpaired) electrons. The second-order valence-electron chi connectivity index (χ2n) is 6.79. The van der Waals surface area contributed by atoms with Crippen molar-refractivity contribution < 1.29 is 14.5 Å². The van der Waals surface area contributed by atoms with Crippen molar-refractivity contribution in [2.24, 2.45) is 23.3 Å². The lowest BCUT2D eigenvalue weighted by Crippen LogP contribution is -2.54. The molecule has 0 aliphatic heterocycles. The summed E-state index contributed by atoms with van der Waals surface area (Å²) < 4.78 is 0. The zero-order valence-corrected chi connectivity index (χ0v) is 15.0. The van der Waals surface area contributed by atoms with Crippen LogP contribution in [-0.4, -0.2) is 28.8 Å². The van der Waals surface area contributed by atoms with Gasteiger partial charge < -0.3 is 11.5 Å². The zero-order valence-electron chi connectivity index (χ0n) is 15.0. The number of nitrogens with zero attached hydrogens (tertiary/aromatic N) is 2. The van der Waals surface area contributed by atoms with Crippen molar-refractivity contribution in [3.63, 3.8) is 0 Å². The smallest absolute Gasteiger partial charge is 0.269 e. The van der Waals surface area contributed by atoms with Gasteiger partial charge in [-0.2, -0.15) is 0 Å². The highest BCUT2D eigenvalue weighted by Gasteiger charge is 2.33. The van der Waals surface area contributed by atoms with Gasteiger partial charge in [0.2, 0.25) is 0 Å². The second kappa shape index (κ2) is 8.68. The van der Waals surface area contributed by atoms with Crippen molar-refractivity contribution in [3.8, 4) is 0 Å². The predicted octanol–water partition coefficient (Wildman–Crippen LogP) is 1.81. The number of nitrogens with two attached hydrogens (primary N) is 2. The molecule has 0 aliphatic rings. The molecule has 138 valence electrons. The minimum Gasteiger partial charge on any atom is -0.320 e. The van der Waals surface area contributed by atoms with Crippen molar-refractivity contribution in [2.45, 2.75) is 46.2 Å². The van der Waals surface area contributed by atoms with Gasteiger partial charge in [-0.15, -0.1) is 0 Å². The van der Waals surface area contributed by atoms with Crippen LogP contribution in [0.3, 0.4) is 0 Å². The van der Waals surface area contributed by atoms with Gasteiger partial charge in [0.25, 0.3) is 17.5 Å². The Morgan fingerprint density at radius 2 is 1.60 bits per heavy atom. The summed E-state index contributed by atoms with van der Waals surface area (Å²) in [5, 5.41) is 10.8. The first kappa shape index (κ1) is 20.7. The molecule has 1 aromatic rings. The number of benzene rings is 1. The van der Waals surface area contributed by atoms with Crippen LogP contribution in [0.1, 0.15) is 34.1 Å². The average molecular weight is 350 g/mol. The Balaban J connectivity index is 3.25. The van der Waals surface area contributed by atoms with E-state index in [1.165, 1.54) is 24.3 Å². The second-order valence-corrected chi connectivity index (χ2v) is 6.79. The first-order valence-corrected chi connectivity index (χ1v) is 8.19. The Kier molecular flexibility index (Phi) is 7.20. The maximum Gasteiger partial charge on any atom is 0.269 e. The van der Waals surface area contributed by atoms with Crippen LogP contribution < -0.4 is 16.4 Å². The lowest BCUT2D eigenvalue weighted by Gasteiger charge is -2.28. The van der Waals surface area contributed by atoms with E-state index in [2.05, 4.69) is 0 Å². The van der Waals surface area contributed by atoms with E-state index in [4.69, 9.17) is 11.5 Å². The predicted molar refractivity (Wildman–Crippen MR) is 95.8 cm³/mol. The SMILES string of the molecule is CC(C)CC(N)C(=O)N(C(=O)C(N)C(C)C)c1ccc([N+](=O)[O-])cc1. The Morgan fingerprint density at radius 3 is 2.00 bits per heavy atom. The molecule has 1 rings (SSSR count). The number of rotatable bonds is 7. The van der Waals surface area contributed by atoms with E-state index in [-0.39, 0.29) is 23.2 Å². The van der Waals surface area contributed by atoms with E-state index >= 15 is 0 Å². The van der Waals surface area contributed by atoms with Gasteiger partial charge >= 0.3 is 0 Å². The summed E-state index contributed by atoms with van der Waals surface area (Å²) in [5.41, 5.74) is 12.0. The molecular formula is C17H26N4O4. The number of hydrogen-bond donors (Lipinski definition) is 2. The maximum atomic E-state index is 12.8. The molecule has 1 aromatic carbocycles. The van der Waals surface area contributed by atoms with Crippen molar-refractivity contribution in [1.82, 2.24) is 0 Å². The minimum atomic E-state index is -0.884. The number of carbonyl (C=O) groups excluding carboxylic acids is 2. The van der Waals surface area contributed by atoms with E-state index in [1.807, 2.05) is 13.8 Å². The van der Waals surface area contributed by atoms with Crippen molar-refractivity contribution >= 4 is 23.2 Å². The number of carbonyl (C=O) groups is 2. The van der Waals surface area contributed by atoms with E-state index in [0.717, 1.165) is 4.90 Å². The van der Waals surface area contributed by atoms with E-state index in [1.54, 1.807) is 13.8 Å². The fourth-order valence-corrected chi connectivity index (χ4v) is 2.30. The van der Waals surface area contributed by atoms with Crippen LogP contribution in [0, 0.1) is 22.0 Å². The first-order valence-electron chi connectivity index (χ1n) is 8.19. The molecule has 0 spiro atoms. The highest BCUT2D eigenvalue weighted by Crippen LogP contribution is 2.22. The van der Waals surface area contributed by atoms with Crippen LogP contribution in [0.25, 0.3) is 0 Å². The molecular weight excluding hydrogens is 324 g/mol. The quantitative estimate of drug-likeness (QED) is 0.569. The fraction of sp³-hybridized carbons (Fsp3) is 0.529. The number of nitro groups is 1. The molecule has 0 fully saturated rings. The van der Waals surface area contributed by atoms with Gasteiger partial charge in [-0.05, 0) is 30.4 Å². The van der Waals surface area contributed by atoms with Gasteiger partial charge in [-0.3, -0.25) is 19.7 Å². The summed E-state index contributed by atoms with van der Waals surface area (Å²) in [7, 11) is 0.